The predicted molar refractivity (Wildman–Crippen MR) is 34.0 cm³/mol. The van der Waals surface area contributed by atoms with Crippen molar-refractivity contribution in [2.45, 2.75) is 44.4 Å². The van der Waals surface area contributed by atoms with Crippen LogP contribution >= 0.6 is 0 Å². The van der Waals surface area contributed by atoms with Crippen LogP contribution in [-0.4, -0.2) is 16.9 Å². The Morgan fingerprint density at radius 3 is 2.67 bits per heavy atom. The average molecular weight is 132 g/mol. The lowest BCUT2D eigenvalue weighted by atomic mass is 9.85. The molecule has 0 aromatic carbocycles. The van der Waals surface area contributed by atoms with Gasteiger partial charge in [-0.05, 0) is 26.2 Å². The van der Waals surface area contributed by atoms with Crippen LogP contribution in [0.2, 0.25) is 0 Å². The van der Waals surface area contributed by atoms with Gasteiger partial charge in [0.25, 0.3) is 0 Å². The van der Waals surface area contributed by atoms with E-state index in [2.05, 4.69) is 0 Å². The minimum atomic E-state index is -0.770. The highest BCUT2D eigenvalue weighted by molar-refractivity contribution is 4.81. The number of halogens is 1. The molecule has 0 bridgehead atoms. The van der Waals surface area contributed by atoms with Gasteiger partial charge in [0.1, 0.15) is 6.17 Å². The van der Waals surface area contributed by atoms with Crippen LogP contribution in [0.3, 0.4) is 0 Å². The van der Waals surface area contributed by atoms with Gasteiger partial charge in [-0.3, -0.25) is 0 Å². The van der Waals surface area contributed by atoms with E-state index in [-0.39, 0.29) is 0 Å². The third-order valence-corrected chi connectivity index (χ3v) is 1.89. The van der Waals surface area contributed by atoms with Crippen LogP contribution in [-0.2, 0) is 0 Å². The molecule has 0 aromatic heterocycles. The van der Waals surface area contributed by atoms with Crippen molar-refractivity contribution >= 4 is 0 Å². The van der Waals surface area contributed by atoms with E-state index in [9.17, 15) is 9.50 Å². The molecular formula is C7H13FO. The van der Waals surface area contributed by atoms with Crippen LogP contribution in [0, 0.1) is 0 Å². The molecule has 1 N–H and O–H groups in total. The van der Waals surface area contributed by atoms with Crippen molar-refractivity contribution in [2.75, 3.05) is 0 Å². The summed E-state index contributed by atoms with van der Waals surface area (Å²) in [5, 5.41) is 9.30. The molecule has 0 saturated heterocycles. The van der Waals surface area contributed by atoms with Gasteiger partial charge in [0.05, 0.1) is 5.60 Å². The highest BCUT2D eigenvalue weighted by Crippen LogP contribution is 2.29. The maximum atomic E-state index is 12.5. The summed E-state index contributed by atoms with van der Waals surface area (Å²) in [7, 11) is 0. The van der Waals surface area contributed by atoms with Gasteiger partial charge >= 0.3 is 0 Å². The fraction of sp³-hybridized carbons (Fsp3) is 1.00. The summed E-state index contributed by atoms with van der Waals surface area (Å²) in [5.74, 6) is 0. The first kappa shape index (κ1) is 7.00. The zero-order valence-corrected chi connectivity index (χ0v) is 5.73. The van der Waals surface area contributed by atoms with Crippen molar-refractivity contribution in [3.63, 3.8) is 0 Å². The molecule has 1 nitrogen and oxygen atoms in total. The summed E-state index contributed by atoms with van der Waals surface area (Å²) in [5.41, 5.74) is -0.725. The van der Waals surface area contributed by atoms with Gasteiger partial charge in [0.15, 0.2) is 0 Å². The first-order valence-corrected chi connectivity index (χ1v) is 3.47. The van der Waals surface area contributed by atoms with E-state index in [4.69, 9.17) is 0 Å². The summed E-state index contributed by atoms with van der Waals surface area (Å²) >= 11 is 0. The Hall–Kier alpha value is -0.110. The van der Waals surface area contributed by atoms with Crippen molar-refractivity contribution in [3.05, 3.63) is 0 Å². The molecule has 1 rings (SSSR count). The molecule has 1 saturated carbocycles. The second-order valence-electron chi connectivity index (χ2n) is 3.19. The lowest BCUT2D eigenvalue weighted by Crippen LogP contribution is -2.32. The molecule has 2 atom stereocenters. The summed E-state index contributed by atoms with van der Waals surface area (Å²) < 4.78 is 12.5. The Bertz CT molecular complexity index is 101. The molecule has 2 heteroatoms. The Balaban J connectivity index is 2.41. The standard InChI is InChI=1S/C7H13FO/c1-7(9)4-2-3-6(8)5-7/h6,9H,2-5H2,1H3. The van der Waals surface area contributed by atoms with Crippen molar-refractivity contribution in [2.24, 2.45) is 0 Å². The maximum absolute atomic E-state index is 12.5. The lowest BCUT2D eigenvalue weighted by molar-refractivity contribution is -0.00713. The number of alkyl halides is 1. The van der Waals surface area contributed by atoms with Crippen molar-refractivity contribution in [1.29, 1.82) is 0 Å². The minimum Gasteiger partial charge on any atom is -0.390 e. The van der Waals surface area contributed by atoms with E-state index in [1.165, 1.54) is 0 Å². The topological polar surface area (TPSA) is 20.2 Å². The van der Waals surface area contributed by atoms with Gasteiger partial charge in [-0.25, -0.2) is 4.39 Å². The Kier molecular flexibility index (Phi) is 1.75. The maximum Gasteiger partial charge on any atom is 0.103 e. The Morgan fingerprint density at radius 1 is 1.67 bits per heavy atom. The minimum absolute atomic E-state index is 0.326. The first-order valence-electron chi connectivity index (χ1n) is 3.47. The third-order valence-electron chi connectivity index (χ3n) is 1.89. The Morgan fingerprint density at radius 2 is 2.33 bits per heavy atom. The molecule has 0 spiro atoms. The van der Waals surface area contributed by atoms with Crippen molar-refractivity contribution in [1.82, 2.24) is 0 Å². The Labute approximate surface area is 54.9 Å². The molecule has 0 aromatic rings. The van der Waals surface area contributed by atoms with Gasteiger partial charge in [0, 0.05) is 6.42 Å². The summed E-state index contributed by atoms with van der Waals surface area (Å²) in [6, 6.07) is 0. The van der Waals surface area contributed by atoms with Crippen LogP contribution in [0.25, 0.3) is 0 Å². The molecular weight excluding hydrogens is 119 g/mol. The fourth-order valence-corrected chi connectivity index (χ4v) is 1.39. The average Bonchev–Trinajstić information content (AvgIpc) is 1.60. The highest BCUT2D eigenvalue weighted by Gasteiger charge is 2.29. The summed E-state index contributed by atoms with van der Waals surface area (Å²) in [6.45, 7) is 1.71. The molecule has 2 unspecified atom stereocenters. The molecule has 1 fully saturated rings. The summed E-state index contributed by atoms with van der Waals surface area (Å²) in [4.78, 5) is 0. The largest absolute Gasteiger partial charge is 0.390 e. The van der Waals surface area contributed by atoms with Crippen LogP contribution in [0.15, 0.2) is 0 Å². The monoisotopic (exact) mass is 132 g/mol. The van der Waals surface area contributed by atoms with Gasteiger partial charge in [-0.2, -0.15) is 0 Å². The van der Waals surface area contributed by atoms with Crippen molar-refractivity contribution in [3.8, 4) is 0 Å². The second kappa shape index (κ2) is 2.25. The zero-order chi connectivity index (χ0) is 6.91. The molecule has 0 aliphatic heterocycles. The van der Waals surface area contributed by atoms with E-state index in [1.807, 2.05) is 0 Å². The third kappa shape index (κ3) is 1.94. The van der Waals surface area contributed by atoms with Gasteiger partial charge in [0.2, 0.25) is 0 Å². The predicted octanol–water partition coefficient (Wildman–Crippen LogP) is 1.65. The quantitative estimate of drug-likeness (QED) is 0.531. The molecule has 0 radical (unpaired) electrons. The van der Waals surface area contributed by atoms with Gasteiger partial charge in [-0.15, -0.1) is 0 Å². The molecule has 54 valence electrons. The van der Waals surface area contributed by atoms with Crippen LogP contribution in [0.5, 0.6) is 0 Å². The SMILES string of the molecule is CC1(O)CCCC(F)C1. The smallest absolute Gasteiger partial charge is 0.103 e. The van der Waals surface area contributed by atoms with Gasteiger partial charge in [-0.1, -0.05) is 0 Å². The first-order chi connectivity index (χ1) is 4.10. The lowest BCUT2D eigenvalue weighted by Gasteiger charge is -2.29. The number of aliphatic hydroxyl groups is 1. The number of rotatable bonds is 0. The summed E-state index contributed by atoms with van der Waals surface area (Å²) in [6.07, 6.45) is 1.78. The van der Waals surface area contributed by atoms with E-state index in [0.29, 0.717) is 12.8 Å². The molecule has 0 amide bonds. The van der Waals surface area contributed by atoms with Crippen LogP contribution in [0.4, 0.5) is 4.39 Å². The second-order valence-corrected chi connectivity index (χ2v) is 3.19. The molecule has 9 heavy (non-hydrogen) atoms. The van der Waals surface area contributed by atoms with Crippen LogP contribution in [0.1, 0.15) is 32.6 Å². The van der Waals surface area contributed by atoms with Crippen molar-refractivity contribution < 1.29 is 9.50 Å². The number of hydrogen-bond acceptors (Lipinski definition) is 1. The molecule has 1 aliphatic rings. The van der Waals surface area contributed by atoms with E-state index in [0.717, 1.165) is 12.8 Å². The van der Waals surface area contributed by atoms with E-state index < -0.39 is 11.8 Å². The van der Waals surface area contributed by atoms with E-state index in [1.54, 1.807) is 6.92 Å². The molecule has 0 heterocycles. The number of hydrogen-bond donors (Lipinski definition) is 1. The fourth-order valence-electron chi connectivity index (χ4n) is 1.39. The van der Waals surface area contributed by atoms with Crippen LogP contribution < -0.4 is 0 Å². The highest BCUT2D eigenvalue weighted by atomic mass is 19.1. The van der Waals surface area contributed by atoms with Gasteiger partial charge < -0.3 is 5.11 Å². The van der Waals surface area contributed by atoms with E-state index >= 15 is 0 Å². The molecule has 1 aliphatic carbocycles. The normalized spacial score (nSPS) is 45.0. The zero-order valence-electron chi connectivity index (χ0n) is 5.73.